The maximum atomic E-state index is 12.4. The second-order valence-electron chi connectivity index (χ2n) is 6.51. The summed E-state index contributed by atoms with van der Waals surface area (Å²) in [4.78, 5) is 26.1. The van der Waals surface area contributed by atoms with Crippen molar-refractivity contribution < 1.29 is 31.9 Å². The van der Waals surface area contributed by atoms with Crippen molar-refractivity contribution in [3.05, 3.63) is 60.1 Å². The first-order valence-electron chi connectivity index (χ1n) is 8.96. The number of carbonyl (C=O) groups is 2. The van der Waals surface area contributed by atoms with Crippen LogP contribution in [0.25, 0.3) is 6.08 Å². The number of alkyl halides is 3. The molecular weight excluding hydrogens is 389 g/mol. The number of piperidine rings is 1. The van der Waals surface area contributed by atoms with Crippen LogP contribution in [0.1, 0.15) is 28.8 Å². The number of nitrogens with one attached hydrogen (secondary N) is 1. The highest BCUT2D eigenvalue weighted by Gasteiger charge is 2.31. The van der Waals surface area contributed by atoms with Gasteiger partial charge in [-0.15, -0.1) is 13.2 Å². The topological polar surface area (TPSA) is 71.8 Å². The molecule has 1 fully saturated rings. The van der Waals surface area contributed by atoms with Crippen LogP contribution in [0.2, 0.25) is 0 Å². The molecule has 0 unspecified atom stereocenters. The van der Waals surface area contributed by atoms with Crippen LogP contribution in [-0.4, -0.2) is 42.2 Å². The van der Waals surface area contributed by atoms with Crippen LogP contribution >= 0.6 is 0 Å². The van der Waals surface area contributed by atoms with Gasteiger partial charge in [-0.05, 0) is 31.1 Å². The number of nitrogens with zero attached hydrogens (tertiary/aromatic N) is 1. The summed E-state index contributed by atoms with van der Waals surface area (Å²) < 4.78 is 46.2. The van der Waals surface area contributed by atoms with E-state index in [0.717, 1.165) is 0 Å². The number of benzene rings is 1. The number of likely N-dealkylation sites (tertiary alicyclic amines) is 1. The van der Waals surface area contributed by atoms with Gasteiger partial charge >= 0.3 is 6.36 Å². The predicted octanol–water partition coefficient (Wildman–Crippen LogP) is 3.61. The molecule has 1 aromatic carbocycles. The molecule has 3 rings (SSSR count). The van der Waals surface area contributed by atoms with Gasteiger partial charge in [0, 0.05) is 30.8 Å². The molecule has 0 bridgehead atoms. The van der Waals surface area contributed by atoms with Gasteiger partial charge in [0.05, 0.1) is 11.8 Å². The molecule has 29 heavy (non-hydrogen) atoms. The molecule has 1 N–H and O–H groups in total. The quantitative estimate of drug-likeness (QED) is 0.768. The lowest BCUT2D eigenvalue weighted by Crippen LogP contribution is -2.46. The van der Waals surface area contributed by atoms with Gasteiger partial charge in [-0.25, -0.2) is 0 Å². The molecule has 0 atom stereocenters. The van der Waals surface area contributed by atoms with Crippen LogP contribution in [0.4, 0.5) is 13.2 Å². The molecule has 0 saturated carbocycles. The Morgan fingerprint density at radius 3 is 2.55 bits per heavy atom. The Balaban J connectivity index is 1.51. The minimum atomic E-state index is -4.81. The van der Waals surface area contributed by atoms with E-state index in [9.17, 15) is 22.8 Å². The molecule has 9 heteroatoms. The zero-order valence-corrected chi connectivity index (χ0v) is 15.3. The van der Waals surface area contributed by atoms with Crippen molar-refractivity contribution in [2.24, 2.45) is 0 Å². The Bertz CT molecular complexity index is 870. The van der Waals surface area contributed by atoms with Gasteiger partial charge in [0.15, 0.2) is 0 Å². The highest BCUT2D eigenvalue weighted by Crippen LogP contribution is 2.27. The second kappa shape index (κ2) is 8.85. The monoisotopic (exact) mass is 408 g/mol. The molecule has 1 aliphatic heterocycles. The van der Waals surface area contributed by atoms with Crippen molar-refractivity contribution in [2.75, 3.05) is 13.1 Å². The predicted molar refractivity (Wildman–Crippen MR) is 97.9 cm³/mol. The minimum Gasteiger partial charge on any atom is -0.472 e. The summed E-state index contributed by atoms with van der Waals surface area (Å²) in [7, 11) is 0. The van der Waals surface area contributed by atoms with Gasteiger partial charge < -0.3 is 19.4 Å². The van der Waals surface area contributed by atoms with E-state index in [0.29, 0.717) is 31.5 Å². The van der Waals surface area contributed by atoms with E-state index in [2.05, 4.69) is 10.1 Å². The summed E-state index contributed by atoms with van der Waals surface area (Å²) >= 11 is 0. The molecule has 2 amide bonds. The average Bonchev–Trinajstić information content (AvgIpc) is 3.21. The molecule has 0 radical (unpaired) electrons. The van der Waals surface area contributed by atoms with E-state index in [1.54, 1.807) is 17.0 Å². The number of ether oxygens (including phenoxy) is 1. The Hall–Kier alpha value is -3.23. The van der Waals surface area contributed by atoms with E-state index >= 15 is 0 Å². The summed E-state index contributed by atoms with van der Waals surface area (Å²) in [5, 5.41) is 2.81. The Morgan fingerprint density at radius 2 is 1.90 bits per heavy atom. The van der Waals surface area contributed by atoms with Crippen molar-refractivity contribution >= 4 is 17.9 Å². The average molecular weight is 408 g/mol. The standard InChI is InChI=1S/C20H19F3N2O4/c21-20(22,23)29-17-4-2-1-3-14(17)5-6-18(26)24-16-7-10-25(11-8-16)19(27)15-9-12-28-13-15/h1-6,9,12-13,16H,7-8,10-11H2,(H,24,26)/b6-5+. The van der Waals surface area contributed by atoms with Gasteiger partial charge in [0.1, 0.15) is 12.0 Å². The molecule has 154 valence electrons. The Morgan fingerprint density at radius 1 is 1.17 bits per heavy atom. The van der Waals surface area contributed by atoms with Crippen molar-refractivity contribution in [1.82, 2.24) is 10.2 Å². The number of para-hydroxylation sites is 1. The number of hydrogen-bond acceptors (Lipinski definition) is 4. The molecule has 6 nitrogen and oxygen atoms in total. The van der Waals surface area contributed by atoms with Crippen molar-refractivity contribution in [3.8, 4) is 5.75 Å². The third-order valence-corrected chi connectivity index (χ3v) is 4.46. The normalized spacial score (nSPS) is 15.5. The largest absolute Gasteiger partial charge is 0.573 e. The Kier molecular flexibility index (Phi) is 6.26. The smallest absolute Gasteiger partial charge is 0.472 e. The molecule has 2 heterocycles. The third-order valence-electron chi connectivity index (χ3n) is 4.46. The van der Waals surface area contributed by atoms with Crippen molar-refractivity contribution in [2.45, 2.75) is 25.2 Å². The van der Waals surface area contributed by atoms with E-state index in [1.807, 2.05) is 0 Å². The molecule has 0 spiro atoms. The summed E-state index contributed by atoms with van der Waals surface area (Å²) in [6.07, 6.45) is 1.61. The second-order valence-corrected chi connectivity index (χ2v) is 6.51. The van der Waals surface area contributed by atoms with Gasteiger partial charge in [-0.1, -0.05) is 18.2 Å². The number of amides is 2. The molecule has 1 aromatic heterocycles. The number of carbonyl (C=O) groups excluding carboxylic acids is 2. The van der Waals surface area contributed by atoms with Crippen molar-refractivity contribution in [1.29, 1.82) is 0 Å². The summed E-state index contributed by atoms with van der Waals surface area (Å²) in [5.41, 5.74) is 0.621. The van der Waals surface area contributed by atoms with Gasteiger partial charge in [0.25, 0.3) is 5.91 Å². The van der Waals surface area contributed by atoms with E-state index < -0.39 is 12.3 Å². The third kappa shape index (κ3) is 5.87. The first-order chi connectivity index (χ1) is 13.8. The summed E-state index contributed by atoms with van der Waals surface area (Å²) in [6.45, 7) is 0.974. The number of furan rings is 1. The SMILES string of the molecule is O=C(/C=C/c1ccccc1OC(F)(F)F)NC1CCN(C(=O)c2ccoc2)CC1. The van der Waals surface area contributed by atoms with Crippen LogP contribution in [0, 0.1) is 0 Å². The lowest BCUT2D eigenvalue weighted by atomic mass is 10.0. The van der Waals surface area contributed by atoms with Crippen LogP contribution < -0.4 is 10.1 Å². The lowest BCUT2D eigenvalue weighted by Gasteiger charge is -2.32. The fourth-order valence-corrected chi connectivity index (χ4v) is 3.05. The molecule has 2 aromatic rings. The van der Waals surface area contributed by atoms with Crippen LogP contribution in [-0.2, 0) is 4.79 Å². The highest BCUT2D eigenvalue weighted by atomic mass is 19.4. The summed E-state index contributed by atoms with van der Waals surface area (Å²) in [6, 6.07) is 7.04. The molecule has 1 saturated heterocycles. The van der Waals surface area contributed by atoms with Crippen LogP contribution in [0.15, 0.2) is 53.4 Å². The summed E-state index contributed by atoms with van der Waals surface area (Å²) in [5.74, 6) is -0.925. The number of hydrogen-bond donors (Lipinski definition) is 1. The molecular formula is C20H19F3N2O4. The highest BCUT2D eigenvalue weighted by molar-refractivity contribution is 5.94. The Labute approximate surface area is 164 Å². The van der Waals surface area contributed by atoms with Gasteiger partial charge in [-0.2, -0.15) is 0 Å². The van der Waals surface area contributed by atoms with Crippen LogP contribution in [0.3, 0.4) is 0 Å². The molecule has 1 aliphatic rings. The van der Waals surface area contributed by atoms with E-state index in [4.69, 9.17) is 4.42 Å². The van der Waals surface area contributed by atoms with Crippen molar-refractivity contribution in [3.63, 3.8) is 0 Å². The van der Waals surface area contributed by atoms with E-state index in [1.165, 1.54) is 42.9 Å². The van der Waals surface area contributed by atoms with E-state index in [-0.39, 0.29) is 23.3 Å². The van der Waals surface area contributed by atoms with Crippen LogP contribution in [0.5, 0.6) is 5.75 Å². The minimum absolute atomic E-state index is 0.121. The fourth-order valence-electron chi connectivity index (χ4n) is 3.05. The number of halogens is 3. The lowest BCUT2D eigenvalue weighted by molar-refractivity contribution is -0.274. The van der Waals surface area contributed by atoms with Gasteiger partial charge in [-0.3, -0.25) is 9.59 Å². The van der Waals surface area contributed by atoms with Gasteiger partial charge in [0.2, 0.25) is 5.91 Å². The maximum absolute atomic E-state index is 12.4. The number of rotatable bonds is 5. The maximum Gasteiger partial charge on any atom is 0.573 e. The zero-order valence-electron chi connectivity index (χ0n) is 15.3. The first-order valence-corrected chi connectivity index (χ1v) is 8.96. The fraction of sp³-hybridized carbons (Fsp3) is 0.300. The first kappa shape index (κ1) is 20.5. The zero-order chi connectivity index (χ0) is 20.9. The molecule has 0 aliphatic carbocycles.